The Morgan fingerprint density at radius 3 is 2.58 bits per heavy atom. The minimum absolute atomic E-state index is 0.0546. The maximum atomic E-state index is 13.4. The molecule has 3 unspecified atom stereocenters. The van der Waals surface area contributed by atoms with Gasteiger partial charge in [0.15, 0.2) is 11.5 Å². The number of aliphatic hydroxyl groups is 2. The molecule has 0 saturated heterocycles. The fourth-order valence-electron chi connectivity index (χ4n) is 4.40. The number of carbonyl (C=O) groups excluding carboxylic acids is 3. The highest BCUT2D eigenvalue weighted by Crippen LogP contribution is 2.37. The standard InChI is InChI=1S/C30H35IN2O7/c1-4-5-6-27(36)33(17-20-9-7-19(2)8-10-20)24-15-22(30(38)32-11-12-34)16-25(28(24)37)40-29-23(31)13-21(18-35)14-26(29)39-3/h5-10,13-14,16,18,24-25,28,34,37H,4,11-12,15,17H2,1-3H3,(H,32,38). The van der Waals surface area contributed by atoms with Gasteiger partial charge in [0.1, 0.15) is 18.5 Å². The maximum absolute atomic E-state index is 13.4. The van der Waals surface area contributed by atoms with Crippen molar-refractivity contribution in [2.45, 2.75) is 51.5 Å². The van der Waals surface area contributed by atoms with E-state index in [1.54, 1.807) is 17.0 Å². The van der Waals surface area contributed by atoms with Crippen molar-refractivity contribution >= 4 is 40.7 Å². The predicted octanol–water partition coefficient (Wildman–Crippen LogP) is 3.33. The van der Waals surface area contributed by atoms with Crippen molar-refractivity contribution in [1.29, 1.82) is 0 Å². The quantitative estimate of drug-likeness (QED) is 0.181. The fourth-order valence-corrected chi connectivity index (χ4v) is 5.15. The zero-order valence-electron chi connectivity index (χ0n) is 22.8. The molecule has 0 saturated carbocycles. The van der Waals surface area contributed by atoms with Crippen molar-refractivity contribution in [1.82, 2.24) is 10.2 Å². The SMILES string of the molecule is CCC=CC(=O)N(Cc1ccc(C)cc1)C1CC(C(=O)NCCO)=CC(Oc2c(I)cc(C=O)cc2OC)C1O. The summed E-state index contributed by atoms with van der Waals surface area (Å²) in [5, 5.41) is 23.5. The molecule has 0 fully saturated rings. The van der Waals surface area contributed by atoms with Crippen LogP contribution in [0.4, 0.5) is 0 Å². The van der Waals surface area contributed by atoms with E-state index in [4.69, 9.17) is 9.47 Å². The van der Waals surface area contributed by atoms with E-state index in [2.05, 4.69) is 5.32 Å². The minimum Gasteiger partial charge on any atom is -0.493 e. The number of hydrogen-bond acceptors (Lipinski definition) is 7. The number of benzene rings is 2. The van der Waals surface area contributed by atoms with Crippen LogP contribution in [-0.2, 0) is 16.1 Å². The largest absolute Gasteiger partial charge is 0.493 e. The monoisotopic (exact) mass is 662 g/mol. The summed E-state index contributed by atoms with van der Waals surface area (Å²) in [6.45, 7) is 3.93. The van der Waals surface area contributed by atoms with Gasteiger partial charge in [-0.3, -0.25) is 14.4 Å². The minimum atomic E-state index is -1.20. The number of ether oxygens (including phenoxy) is 2. The fraction of sp³-hybridized carbons (Fsp3) is 0.367. The van der Waals surface area contributed by atoms with E-state index >= 15 is 0 Å². The lowest BCUT2D eigenvalue weighted by Crippen LogP contribution is -2.54. The van der Waals surface area contributed by atoms with E-state index in [0.29, 0.717) is 38.9 Å². The molecular weight excluding hydrogens is 627 g/mol. The van der Waals surface area contributed by atoms with E-state index in [0.717, 1.165) is 11.1 Å². The third kappa shape index (κ3) is 7.92. The summed E-state index contributed by atoms with van der Waals surface area (Å²) < 4.78 is 12.3. The lowest BCUT2D eigenvalue weighted by molar-refractivity contribution is -0.134. The Balaban J connectivity index is 2.05. The summed E-state index contributed by atoms with van der Waals surface area (Å²) in [7, 11) is 1.44. The molecule has 0 aliphatic heterocycles. The van der Waals surface area contributed by atoms with E-state index in [9.17, 15) is 24.6 Å². The average molecular weight is 663 g/mol. The summed E-state index contributed by atoms with van der Waals surface area (Å²) in [5.41, 5.74) is 2.66. The third-order valence-corrected chi connectivity index (χ3v) is 7.31. The molecule has 214 valence electrons. The zero-order valence-corrected chi connectivity index (χ0v) is 25.0. The molecule has 3 rings (SSSR count). The first kappa shape index (κ1) is 31.3. The molecule has 0 spiro atoms. The van der Waals surface area contributed by atoms with Crippen LogP contribution in [-0.4, -0.2) is 71.7 Å². The van der Waals surface area contributed by atoms with Gasteiger partial charge in [-0.1, -0.05) is 42.8 Å². The number of rotatable bonds is 12. The molecule has 9 nitrogen and oxygen atoms in total. The normalized spacial score (nSPS) is 18.6. The zero-order chi connectivity index (χ0) is 29.2. The molecule has 1 aliphatic carbocycles. The van der Waals surface area contributed by atoms with Crippen LogP contribution in [0.3, 0.4) is 0 Å². The third-order valence-electron chi connectivity index (χ3n) is 6.51. The Kier molecular flexibility index (Phi) is 11.7. The number of allylic oxidation sites excluding steroid dienone is 1. The van der Waals surface area contributed by atoms with Gasteiger partial charge in [0.05, 0.1) is 23.3 Å². The van der Waals surface area contributed by atoms with Crippen LogP contribution in [0.15, 0.2) is 60.2 Å². The molecule has 2 amide bonds. The topological polar surface area (TPSA) is 125 Å². The van der Waals surface area contributed by atoms with Crippen molar-refractivity contribution < 1.29 is 34.1 Å². The number of nitrogens with zero attached hydrogens (tertiary/aromatic N) is 1. The van der Waals surface area contributed by atoms with Crippen molar-refractivity contribution in [2.75, 3.05) is 20.3 Å². The van der Waals surface area contributed by atoms with Crippen molar-refractivity contribution in [3.63, 3.8) is 0 Å². The summed E-state index contributed by atoms with van der Waals surface area (Å²) in [6.07, 6.45) is 3.97. The highest BCUT2D eigenvalue weighted by Gasteiger charge is 2.40. The second-order valence-electron chi connectivity index (χ2n) is 9.43. The molecule has 0 bridgehead atoms. The van der Waals surface area contributed by atoms with Crippen LogP contribution in [0.25, 0.3) is 0 Å². The van der Waals surface area contributed by atoms with Gasteiger partial charge in [0.25, 0.3) is 0 Å². The number of halogens is 1. The van der Waals surface area contributed by atoms with Crippen molar-refractivity contribution in [3.8, 4) is 11.5 Å². The molecule has 2 aromatic carbocycles. The molecule has 40 heavy (non-hydrogen) atoms. The molecule has 0 radical (unpaired) electrons. The van der Waals surface area contributed by atoms with Gasteiger partial charge in [-0.25, -0.2) is 0 Å². The van der Waals surface area contributed by atoms with Gasteiger partial charge in [0.2, 0.25) is 11.8 Å². The average Bonchev–Trinajstić information content (AvgIpc) is 2.96. The first-order chi connectivity index (χ1) is 19.2. The van der Waals surface area contributed by atoms with Crippen LogP contribution in [0.1, 0.15) is 41.3 Å². The predicted molar refractivity (Wildman–Crippen MR) is 159 cm³/mol. The van der Waals surface area contributed by atoms with Crippen LogP contribution >= 0.6 is 22.6 Å². The highest BCUT2D eigenvalue weighted by atomic mass is 127. The second kappa shape index (κ2) is 15.0. The molecule has 3 N–H and O–H groups in total. The molecule has 3 atom stereocenters. The Bertz CT molecular complexity index is 1260. The Hall–Kier alpha value is -3.22. The van der Waals surface area contributed by atoms with E-state index in [1.165, 1.54) is 25.3 Å². The van der Waals surface area contributed by atoms with Gasteiger partial charge >= 0.3 is 0 Å². The van der Waals surface area contributed by atoms with Crippen LogP contribution in [0.5, 0.6) is 11.5 Å². The number of hydrogen-bond donors (Lipinski definition) is 3. The Morgan fingerprint density at radius 1 is 1.23 bits per heavy atom. The summed E-state index contributed by atoms with van der Waals surface area (Å²) in [6, 6.07) is 10.1. The number of carbonyl (C=O) groups is 3. The molecule has 1 aliphatic rings. The van der Waals surface area contributed by atoms with E-state index < -0.39 is 24.2 Å². The molecule has 0 heterocycles. The molecular formula is C30H35IN2O7. The first-order valence-corrected chi connectivity index (χ1v) is 14.1. The van der Waals surface area contributed by atoms with Crippen LogP contribution in [0, 0.1) is 10.5 Å². The van der Waals surface area contributed by atoms with Gasteiger partial charge in [0, 0.05) is 30.6 Å². The number of amides is 2. The van der Waals surface area contributed by atoms with Crippen molar-refractivity contribution in [3.05, 3.63) is 80.5 Å². The highest BCUT2D eigenvalue weighted by molar-refractivity contribution is 14.1. The number of aliphatic hydroxyl groups excluding tert-OH is 2. The van der Waals surface area contributed by atoms with Gasteiger partial charge in [-0.05, 0) is 65.8 Å². The Morgan fingerprint density at radius 2 is 1.95 bits per heavy atom. The summed E-state index contributed by atoms with van der Waals surface area (Å²) in [5.74, 6) is -0.136. The van der Waals surface area contributed by atoms with Crippen molar-refractivity contribution in [2.24, 2.45) is 0 Å². The van der Waals surface area contributed by atoms with Gasteiger partial charge < -0.3 is 29.9 Å². The number of nitrogens with one attached hydrogen (secondary N) is 1. The second-order valence-corrected chi connectivity index (χ2v) is 10.6. The van der Waals surface area contributed by atoms with E-state index in [-0.39, 0.29) is 32.0 Å². The first-order valence-electron chi connectivity index (χ1n) is 13.0. The molecule has 0 aromatic heterocycles. The number of methoxy groups -OCH3 is 1. The smallest absolute Gasteiger partial charge is 0.247 e. The number of aryl methyl sites for hydroxylation is 1. The maximum Gasteiger partial charge on any atom is 0.247 e. The van der Waals surface area contributed by atoms with Gasteiger partial charge in [-0.15, -0.1) is 0 Å². The number of aldehydes is 1. The lowest BCUT2D eigenvalue weighted by atomic mass is 9.87. The molecule has 2 aromatic rings. The summed E-state index contributed by atoms with van der Waals surface area (Å²) >= 11 is 2.01. The van der Waals surface area contributed by atoms with Crippen LogP contribution < -0.4 is 14.8 Å². The van der Waals surface area contributed by atoms with Gasteiger partial charge in [-0.2, -0.15) is 0 Å². The van der Waals surface area contributed by atoms with E-state index in [1.807, 2.05) is 60.7 Å². The Labute approximate surface area is 248 Å². The van der Waals surface area contributed by atoms with Crippen LogP contribution in [0.2, 0.25) is 0 Å². The molecule has 10 heteroatoms. The summed E-state index contributed by atoms with van der Waals surface area (Å²) in [4.78, 5) is 39.4. The lowest BCUT2D eigenvalue weighted by Gasteiger charge is -2.40.